The van der Waals surface area contributed by atoms with E-state index in [9.17, 15) is 25.3 Å². The van der Waals surface area contributed by atoms with Crippen molar-refractivity contribution >= 4 is 61.5 Å². The minimum atomic E-state index is -3.36. The predicted octanol–water partition coefficient (Wildman–Crippen LogP) is 1.12. The van der Waals surface area contributed by atoms with Gasteiger partial charge in [-0.15, -0.1) is 0 Å². The molecule has 0 rings (SSSR count). The van der Waals surface area contributed by atoms with Gasteiger partial charge in [-0.3, -0.25) is 0 Å². The quantitative estimate of drug-likeness (QED) is 0.206. The van der Waals surface area contributed by atoms with Crippen LogP contribution in [0.25, 0.3) is 0 Å². The van der Waals surface area contributed by atoms with E-state index in [0.717, 1.165) is 0 Å². The van der Waals surface area contributed by atoms with E-state index in [1.807, 2.05) is 0 Å². The molecule has 0 aliphatic heterocycles. The summed E-state index contributed by atoms with van der Waals surface area (Å²) < 4.78 is 84.7. The van der Waals surface area contributed by atoms with Gasteiger partial charge in [0.15, 0.2) is 22.2 Å². The van der Waals surface area contributed by atoms with E-state index in [4.69, 9.17) is 9.11 Å². The third kappa shape index (κ3) is 16.3. The average molecular weight is 463 g/mol. The molecule has 14 heteroatoms. The molecule has 0 saturated carbocycles. The monoisotopic (exact) mass is 462 g/mol. The van der Waals surface area contributed by atoms with Crippen LogP contribution in [0.1, 0.15) is 25.7 Å². The van der Waals surface area contributed by atoms with Crippen molar-refractivity contribution in [2.24, 2.45) is 0 Å². The van der Waals surface area contributed by atoms with E-state index < -0.39 is 39.9 Å². The first-order valence-electron chi connectivity index (χ1n) is 6.93. The molecular weight excluding hydrogens is 441 g/mol. The molecule has 0 aliphatic carbocycles. The van der Waals surface area contributed by atoms with Crippen LogP contribution in [0.5, 0.6) is 0 Å². The van der Waals surface area contributed by atoms with Crippen LogP contribution in [0.2, 0.25) is 0 Å². The SMILES string of the molecule is O=S(O)CCCCS(=O)(=O)SCCSS(=O)(=O)CCCCS(=O)O. The van der Waals surface area contributed by atoms with Gasteiger partial charge in [0.05, 0.1) is 11.5 Å². The Balaban J connectivity index is 3.88. The smallest absolute Gasteiger partial charge is 0.201 e. The molecular formula is C10H22O8S6. The molecule has 0 saturated heterocycles. The molecule has 0 aromatic carbocycles. The van der Waals surface area contributed by atoms with E-state index in [2.05, 4.69) is 0 Å². The fraction of sp³-hybridized carbons (Fsp3) is 1.00. The molecule has 2 atom stereocenters. The second-order valence-corrected chi connectivity index (χ2v) is 15.5. The minimum Gasteiger partial charge on any atom is -0.306 e. The van der Waals surface area contributed by atoms with Crippen LogP contribution in [0, 0.1) is 0 Å². The van der Waals surface area contributed by atoms with Crippen molar-refractivity contribution in [3.05, 3.63) is 0 Å². The van der Waals surface area contributed by atoms with Gasteiger partial charge in [0.1, 0.15) is 0 Å². The zero-order valence-corrected chi connectivity index (χ0v) is 17.8. The number of unbranched alkanes of at least 4 members (excludes halogenated alkanes) is 2. The molecule has 0 bridgehead atoms. The van der Waals surface area contributed by atoms with Gasteiger partial charge in [-0.1, -0.05) is 0 Å². The van der Waals surface area contributed by atoms with Gasteiger partial charge in [0.25, 0.3) is 0 Å². The molecule has 8 nitrogen and oxygen atoms in total. The van der Waals surface area contributed by atoms with Crippen LogP contribution in [0.15, 0.2) is 0 Å². The molecule has 0 fully saturated rings. The highest BCUT2D eigenvalue weighted by atomic mass is 33.1. The molecule has 2 N–H and O–H groups in total. The summed E-state index contributed by atoms with van der Waals surface area (Å²) in [4.78, 5) is 0. The molecule has 0 aromatic rings. The van der Waals surface area contributed by atoms with E-state index in [1.165, 1.54) is 0 Å². The highest BCUT2D eigenvalue weighted by Crippen LogP contribution is 2.21. The van der Waals surface area contributed by atoms with E-state index in [0.29, 0.717) is 47.3 Å². The Morgan fingerprint density at radius 1 is 0.667 bits per heavy atom. The second kappa shape index (κ2) is 13.1. The van der Waals surface area contributed by atoms with E-state index in [1.54, 1.807) is 0 Å². The van der Waals surface area contributed by atoms with Gasteiger partial charge >= 0.3 is 0 Å². The highest BCUT2D eigenvalue weighted by molar-refractivity contribution is 8.73. The first-order valence-corrected chi connectivity index (χ1v) is 15.8. The van der Waals surface area contributed by atoms with Crippen molar-refractivity contribution < 1.29 is 34.4 Å². The van der Waals surface area contributed by atoms with Gasteiger partial charge < -0.3 is 9.11 Å². The Morgan fingerprint density at radius 3 is 1.29 bits per heavy atom. The van der Waals surface area contributed by atoms with Crippen molar-refractivity contribution in [3.63, 3.8) is 0 Å². The van der Waals surface area contributed by atoms with Gasteiger partial charge in [-0.25, -0.2) is 25.3 Å². The maximum Gasteiger partial charge on any atom is 0.201 e. The summed E-state index contributed by atoms with van der Waals surface area (Å²) in [7, 11) is -5.35. The zero-order valence-electron chi connectivity index (χ0n) is 12.9. The minimum absolute atomic E-state index is 0.0398. The molecule has 0 radical (unpaired) electrons. The molecule has 0 aliphatic rings. The third-order valence-corrected chi connectivity index (χ3v) is 11.3. The van der Waals surface area contributed by atoms with E-state index in [-0.39, 0.29) is 34.5 Å². The van der Waals surface area contributed by atoms with Crippen molar-refractivity contribution in [3.8, 4) is 0 Å². The molecule has 0 spiro atoms. The zero-order chi connectivity index (χ0) is 18.6. The summed E-state index contributed by atoms with van der Waals surface area (Å²) in [5, 5.41) is 0. The summed E-state index contributed by atoms with van der Waals surface area (Å²) in [5.41, 5.74) is 0. The van der Waals surface area contributed by atoms with Crippen LogP contribution >= 0.6 is 21.6 Å². The van der Waals surface area contributed by atoms with E-state index >= 15 is 0 Å². The van der Waals surface area contributed by atoms with Crippen LogP contribution in [-0.4, -0.2) is 68.9 Å². The Kier molecular flexibility index (Phi) is 13.5. The number of hydrogen-bond donors (Lipinski definition) is 2. The summed E-state index contributed by atoms with van der Waals surface area (Å²) in [6.07, 6.45) is 1.26. The fourth-order valence-corrected chi connectivity index (χ4v) is 8.92. The third-order valence-electron chi connectivity index (χ3n) is 2.54. The lowest BCUT2D eigenvalue weighted by Gasteiger charge is -2.05. The Labute approximate surface area is 155 Å². The summed E-state index contributed by atoms with van der Waals surface area (Å²) in [5.74, 6) is 0.142. The predicted molar refractivity (Wildman–Crippen MR) is 102 cm³/mol. The van der Waals surface area contributed by atoms with Crippen molar-refractivity contribution in [1.29, 1.82) is 0 Å². The van der Waals surface area contributed by atoms with Gasteiger partial charge in [-0.05, 0) is 47.3 Å². The highest BCUT2D eigenvalue weighted by Gasteiger charge is 2.15. The number of hydrogen-bond acceptors (Lipinski definition) is 8. The number of rotatable bonds is 15. The van der Waals surface area contributed by atoms with Crippen LogP contribution < -0.4 is 0 Å². The first kappa shape index (κ1) is 24.8. The molecule has 24 heavy (non-hydrogen) atoms. The second-order valence-electron chi connectivity index (χ2n) is 4.63. The Hall–Kier alpha value is 0.820. The topological polar surface area (TPSA) is 143 Å². The summed E-state index contributed by atoms with van der Waals surface area (Å²) >= 11 is -3.84. The molecule has 0 heterocycles. The van der Waals surface area contributed by atoms with Gasteiger partial charge in [0.2, 0.25) is 17.7 Å². The lowest BCUT2D eigenvalue weighted by molar-refractivity contribution is 0.559. The molecule has 146 valence electrons. The van der Waals surface area contributed by atoms with Crippen molar-refractivity contribution in [1.82, 2.24) is 0 Å². The maximum atomic E-state index is 11.7. The molecule has 0 amide bonds. The van der Waals surface area contributed by atoms with Gasteiger partial charge in [0, 0.05) is 23.0 Å². The maximum absolute atomic E-state index is 11.7. The molecule has 2 unspecified atom stereocenters. The lowest BCUT2D eigenvalue weighted by Crippen LogP contribution is -2.07. The fourth-order valence-electron chi connectivity index (χ4n) is 1.45. The average Bonchev–Trinajstić information content (AvgIpc) is 2.44. The normalized spacial score (nSPS) is 15.2. The standard InChI is InChI=1S/C10H22O8S6/c11-21(12)7-1-3-9-23(15,16)19-5-6-20-24(17,18)10-4-2-8-22(13)14/h1-10H2,(H,11,12)(H,13,14). The van der Waals surface area contributed by atoms with Crippen LogP contribution in [0.4, 0.5) is 0 Å². The largest absolute Gasteiger partial charge is 0.306 e. The van der Waals surface area contributed by atoms with Crippen molar-refractivity contribution in [2.75, 3.05) is 34.5 Å². The summed E-state index contributed by atoms with van der Waals surface area (Å²) in [6, 6.07) is 0. The van der Waals surface area contributed by atoms with Crippen LogP contribution in [-0.2, 0) is 39.9 Å². The first-order chi connectivity index (χ1) is 11.0. The van der Waals surface area contributed by atoms with Crippen LogP contribution in [0.3, 0.4) is 0 Å². The summed E-state index contributed by atoms with van der Waals surface area (Å²) in [6.45, 7) is 0. The Bertz CT molecular complexity index is 545. The molecule has 0 aromatic heterocycles. The van der Waals surface area contributed by atoms with Crippen molar-refractivity contribution in [2.45, 2.75) is 25.7 Å². The lowest BCUT2D eigenvalue weighted by atomic mass is 10.4. The van der Waals surface area contributed by atoms with Gasteiger partial charge in [-0.2, -0.15) is 0 Å². The Morgan fingerprint density at radius 2 is 1.00 bits per heavy atom.